The molecule has 0 unspecified atom stereocenters. The van der Waals surface area contributed by atoms with Crippen LogP contribution in [0.2, 0.25) is 0 Å². The Morgan fingerprint density at radius 2 is 2.11 bits per heavy atom. The molecule has 1 saturated heterocycles. The number of nitrogens with two attached hydrogens (primary N) is 1. The van der Waals surface area contributed by atoms with E-state index < -0.39 is 0 Å². The van der Waals surface area contributed by atoms with E-state index in [9.17, 15) is 0 Å². The smallest absolute Gasteiger partial charge is 0.171 e. The van der Waals surface area contributed by atoms with Gasteiger partial charge in [0.15, 0.2) is 11.5 Å². The Labute approximate surface area is 119 Å². The van der Waals surface area contributed by atoms with Crippen LogP contribution in [-0.2, 0) is 0 Å². The number of nitrogens with zero attached hydrogens (tertiary/aromatic N) is 1. The van der Waals surface area contributed by atoms with Crippen LogP contribution < -0.4 is 15.2 Å². The van der Waals surface area contributed by atoms with Gasteiger partial charge in [-0.25, -0.2) is 0 Å². The fourth-order valence-electron chi connectivity index (χ4n) is 2.30. The second-order valence-corrected chi connectivity index (χ2v) is 5.04. The Morgan fingerprint density at radius 3 is 2.74 bits per heavy atom. The third kappa shape index (κ3) is 3.58. The van der Waals surface area contributed by atoms with E-state index in [0.29, 0.717) is 23.1 Å². The summed E-state index contributed by atoms with van der Waals surface area (Å²) in [4.78, 5) is 2.73. The molecule has 1 aromatic rings. The number of benzene rings is 1. The first-order chi connectivity index (χ1) is 9.22. The highest BCUT2D eigenvalue weighted by atomic mass is 32.1. The number of ether oxygens (including phenoxy) is 2. The zero-order valence-electron chi connectivity index (χ0n) is 11.2. The third-order valence-corrected chi connectivity index (χ3v) is 3.54. The van der Waals surface area contributed by atoms with Crippen molar-refractivity contribution >= 4 is 17.2 Å². The summed E-state index contributed by atoms with van der Waals surface area (Å²) in [5, 5.41) is 0. The summed E-state index contributed by atoms with van der Waals surface area (Å²) in [5.41, 5.74) is 6.45. The van der Waals surface area contributed by atoms with Gasteiger partial charge in [-0.1, -0.05) is 18.3 Å². The molecule has 1 heterocycles. The quantitative estimate of drug-likeness (QED) is 0.805. The normalized spacial score (nSPS) is 15.4. The first kappa shape index (κ1) is 14.1. The van der Waals surface area contributed by atoms with Gasteiger partial charge in [-0.2, -0.15) is 0 Å². The van der Waals surface area contributed by atoms with E-state index in [-0.39, 0.29) is 0 Å². The number of hydrogen-bond donors (Lipinski definition) is 1. The van der Waals surface area contributed by atoms with Crippen LogP contribution >= 0.6 is 12.2 Å². The SMILES string of the molecule is COc1cccc(C(N)=S)c1OCCN1CCCC1. The highest BCUT2D eigenvalue weighted by molar-refractivity contribution is 7.80. The van der Waals surface area contributed by atoms with Crippen molar-refractivity contribution in [2.75, 3.05) is 33.4 Å². The van der Waals surface area contributed by atoms with Crippen molar-refractivity contribution in [3.05, 3.63) is 23.8 Å². The van der Waals surface area contributed by atoms with Crippen LogP contribution in [0.25, 0.3) is 0 Å². The summed E-state index contributed by atoms with van der Waals surface area (Å²) in [7, 11) is 1.62. The molecule has 1 aromatic carbocycles. The van der Waals surface area contributed by atoms with Gasteiger partial charge < -0.3 is 15.2 Å². The average molecular weight is 280 g/mol. The van der Waals surface area contributed by atoms with Crippen LogP contribution in [0.3, 0.4) is 0 Å². The molecule has 4 nitrogen and oxygen atoms in total. The lowest BCUT2D eigenvalue weighted by molar-refractivity contribution is 0.230. The molecule has 0 amide bonds. The maximum atomic E-state index is 5.85. The molecule has 0 aromatic heterocycles. The number of methoxy groups -OCH3 is 1. The van der Waals surface area contributed by atoms with E-state index in [1.54, 1.807) is 7.11 Å². The minimum atomic E-state index is 0.329. The molecule has 0 saturated carbocycles. The second-order valence-electron chi connectivity index (χ2n) is 4.60. The maximum Gasteiger partial charge on any atom is 0.171 e. The highest BCUT2D eigenvalue weighted by Gasteiger charge is 2.14. The van der Waals surface area contributed by atoms with Crippen LogP contribution in [0.15, 0.2) is 18.2 Å². The summed E-state index contributed by atoms with van der Waals surface area (Å²) in [6.07, 6.45) is 2.57. The lowest BCUT2D eigenvalue weighted by atomic mass is 10.2. The van der Waals surface area contributed by atoms with Crippen molar-refractivity contribution in [2.45, 2.75) is 12.8 Å². The fraction of sp³-hybridized carbons (Fsp3) is 0.500. The Kier molecular flexibility index (Phi) is 4.99. The van der Waals surface area contributed by atoms with Crippen LogP contribution in [0.5, 0.6) is 11.5 Å². The number of likely N-dealkylation sites (tertiary alicyclic amines) is 1. The summed E-state index contributed by atoms with van der Waals surface area (Å²) in [6, 6.07) is 5.57. The van der Waals surface area contributed by atoms with Gasteiger partial charge in [-0.3, -0.25) is 4.90 Å². The van der Waals surface area contributed by atoms with Gasteiger partial charge in [0, 0.05) is 6.54 Å². The number of thiocarbonyl (C=S) groups is 1. The lowest BCUT2D eigenvalue weighted by Crippen LogP contribution is -2.25. The first-order valence-corrected chi connectivity index (χ1v) is 6.95. The van der Waals surface area contributed by atoms with Gasteiger partial charge in [0.1, 0.15) is 11.6 Å². The molecule has 19 heavy (non-hydrogen) atoms. The number of para-hydroxylation sites is 1. The van der Waals surface area contributed by atoms with E-state index in [1.807, 2.05) is 18.2 Å². The summed E-state index contributed by atoms with van der Waals surface area (Å²) in [5.74, 6) is 1.32. The number of hydrogen-bond acceptors (Lipinski definition) is 4. The highest BCUT2D eigenvalue weighted by Crippen LogP contribution is 2.31. The molecule has 2 N–H and O–H groups in total. The molecule has 0 radical (unpaired) electrons. The van der Waals surface area contributed by atoms with E-state index >= 15 is 0 Å². The molecular weight excluding hydrogens is 260 g/mol. The monoisotopic (exact) mass is 280 g/mol. The van der Waals surface area contributed by atoms with Gasteiger partial charge in [0.25, 0.3) is 0 Å². The maximum absolute atomic E-state index is 5.85. The molecule has 104 valence electrons. The zero-order chi connectivity index (χ0) is 13.7. The zero-order valence-corrected chi connectivity index (χ0v) is 12.0. The van der Waals surface area contributed by atoms with Crippen LogP contribution in [-0.4, -0.2) is 43.2 Å². The first-order valence-electron chi connectivity index (χ1n) is 6.54. The Hall–Kier alpha value is -1.33. The molecular formula is C14H20N2O2S. The lowest BCUT2D eigenvalue weighted by Gasteiger charge is -2.18. The largest absolute Gasteiger partial charge is 0.493 e. The van der Waals surface area contributed by atoms with Crippen molar-refractivity contribution in [2.24, 2.45) is 5.73 Å². The molecule has 0 bridgehead atoms. The topological polar surface area (TPSA) is 47.7 Å². The van der Waals surface area contributed by atoms with Gasteiger partial charge in [-0.05, 0) is 38.1 Å². The molecule has 0 aliphatic carbocycles. The molecule has 2 rings (SSSR count). The van der Waals surface area contributed by atoms with Gasteiger partial charge in [-0.15, -0.1) is 0 Å². The van der Waals surface area contributed by atoms with E-state index in [4.69, 9.17) is 27.4 Å². The van der Waals surface area contributed by atoms with E-state index in [2.05, 4.69) is 4.90 Å². The second kappa shape index (κ2) is 6.73. The Morgan fingerprint density at radius 1 is 1.37 bits per heavy atom. The Bertz CT molecular complexity index is 445. The van der Waals surface area contributed by atoms with Gasteiger partial charge in [0.05, 0.1) is 12.7 Å². The predicted molar refractivity (Wildman–Crippen MR) is 80.1 cm³/mol. The van der Waals surface area contributed by atoms with Crippen LogP contribution in [0.1, 0.15) is 18.4 Å². The summed E-state index contributed by atoms with van der Waals surface area (Å²) < 4.78 is 11.2. The summed E-state index contributed by atoms with van der Waals surface area (Å²) >= 11 is 5.05. The minimum Gasteiger partial charge on any atom is -0.493 e. The van der Waals surface area contributed by atoms with Crippen molar-refractivity contribution in [1.29, 1.82) is 0 Å². The molecule has 1 fully saturated rings. The van der Waals surface area contributed by atoms with Gasteiger partial charge in [0.2, 0.25) is 0 Å². The molecule has 0 atom stereocenters. The minimum absolute atomic E-state index is 0.329. The van der Waals surface area contributed by atoms with Crippen LogP contribution in [0, 0.1) is 0 Å². The van der Waals surface area contributed by atoms with Gasteiger partial charge >= 0.3 is 0 Å². The van der Waals surface area contributed by atoms with Crippen LogP contribution in [0.4, 0.5) is 0 Å². The standard InChI is InChI=1S/C14H20N2O2S/c1-17-12-6-4-5-11(14(15)19)13(12)18-10-9-16-7-2-3-8-16/h4-6H,2-3,7-10H2,1H3,(H2,15,19). The fourth-order valence-corrected chi connectivity index (χ4v) is 2.46. The molecule has 1 aliphatic rings. The molecule has 5 heteroatoms. The third-order valence-electron chi connectivity index (χ3n) is 3.32. The van der Waals surface area contributed by atoms with E-state index in [0.717, 1.165) is 25.2 Å². The van der Waals surface area contributed by atoms with E-state index in [1.165, 1.54) is 12.8 Å². The average Bonchev–Trinajstić information content (AvgIpc) is 2.91. The predicted octanol–water partition coefficient (Wildman–Crippen LogP) is 1.80. The van der Waals surface area contributed by atoms with Crippen molar-refractivity contribution < 1.29 is 9.47 Å². The summed E-state index contributed by atoms with van der Waals surface area (Å²) in [6.45, 7) is 3.87. The van der Waals surface area contributed by atoms with Crippen molar-refractivity contribution in [3.63, 3.8) is 0 Å². The van der Waals surface area contributed by atoms with Crippen molar-refractivity contribution in [3.8, 4) is 11.5 Å². The molecule has 0 spiro atoms. The molecule has 1 aliphatic heterocycles. The Balaban J connectivity index is 2.02. The van der Waals surface area contributed by atoms with Crippen molar-refractivity contribution in [1.82, 2.24) is 4.90 Å². The number of rotatable bonds is 6.